The molecule has 0 radical (unpaired) electrons. The maximum absolute atomic E-state index is 5.78. The molecule has 0 saturated carbocycles. The molecule has 0 aliphatic carbocycles. The Morgan fingerprint density at radius 3 is 2.70 bits per heavy atom. The van der Waals surface area contributed by atoms with Crippen molar-refractivity contribution in [2.45, 2.75) is 33.8 Å². The van der Waals surface area contributed by atoms with Crippen molar-refractivity contribution in [3.05, 3.63) is 53.9 Å². The zero-order valence-corrected chi connectivity index (χ0v) is 19.3. The quantitative estimate of drug-likeness (QED) is 0.577. The van der Waals surface area contributed by atoms with Crippen LogP contribution in [-0.2, 0) is 9.47 Å². The van der Waals surface area contributed by atoms with Crippen molar-refractivity contribution in [3.8, 4) is 11.4 Å². The molecule has 5 rings (SSSR count). The number of rotatable bonds is 6. The van der Waals surface area contributed by atoms with E-state index in [1.807, 2.05) is 6.92 Å². The van der Waals surface area contributed by atoms with Gasteiger partial charge in [0.1, 0.15) is 35.7 Å². The van der Waals surface area contributed by atoms with Crippen molar-refractivity contribution in [1.29, 1.82) is 0 Å². The predicted octanol–water partition coefficient (Wildman–Crippen LogP) is 3.51. The van der Waals surface area contributed by atoms with Crippen molar-refractivity contribution in [3.63, 3.8) is 0 Å². The second kappa shape index (κ2) is 8.84. The summed E-state index contributed by atoms with van der Waals surface area (Å²) in [4.78, 5) is 20.8. The summed E-state index contributed by atoms with van der Waals surface area (Å²) in [5.41, 5.74) is 6.90. The highest BCUT2D eigenvalue weighted by Crippen LogP contribution is 2.31. The molecule has 0 spiro atoms. The van der Waals surface area contributed by atoms with E-state index in [4.69, 9.17) is 24.6 Å². The molecule has 9 nitrogen and oxygen atoms in total. The van der Waals surface area contributed by atoms with E-state index in [-0.39, 0.29) is 12.9 Å². The summed E-state index contributed by atoms with van der Waals surface area (Å²) in [6, 6.07) is 6.35. The lowest BCUT2D eigenvalue weighted by molar-refractivity contribution is 0.0608. The van der Waals surface area contributed by atoms with Crippen molar-refractivity contribution in [2.24, 2.45) is 10.1 Å². The summed E-state index contributed by atoms with van der Waals surface area (Å²) in [5, 5.41) is 4.87. The number of hydrogen-bond acceptors (Lipinski definition) is 8. The number of aryl methyl sites for hydroxylation is 2. The van der Waals surface area contributed by atoms with Crippen LogP contribution in [0.4, 0.5) is 11.4 Å². The van der Waals surface area contributed by atoms with Crippen molar-refractivity contribution >= 4 is 22.8 Å². The Balaban J connectivity index is 1.62. The van der Waals surface area contributed by atoms with E-state index < -0.39 is 0 Å². The van der Waals surface area contributed by atoms with Crippen molar-refractivity contribution in [1.82, 2.24) is 19.6 Å². The average Bonchev–Trinajstić information content (AvgIpc) is 3.53. The van der Waals surface area contributed by atoms with Crippen LogP contribution in [0, 0.1) is 13.8 Å². The molecule has 0 bridgehead atoms. The Morgan fingerprint density at radius 1 is 1.18 bits per heavy atom. The average molecular weight is 446 g/mol. The Hall–Kier alpha value is -3.43. The fourth-order valence-electron chi connectivity index (χ4n) is 4.24. The van der Waals surface area contributed by atoms with Crippen LogP contribution in [0.2, 0.25) is 0 Å². The molecule has 1 aromatic carbocycles. The summed E-state index contributed by atoms with van der Waals surface area (Å²) < 4.78 is 13.0. The van der Waals surface area contributed by atoms with Crippen LogP contribution >= 0.6 is 0 Å². The van der Waals surface area contributed by atoms with E-state index in [1.165, 1.54) is 5.69 Å². The first-order chi connectivity index (χ1) is 16.1. The van der Waals surface area contributed by atoms with Gasteiger partial charge in [0.25, 0.3) is 0 Å². The molecule has 0 N–H and O–H groups in total. The van der Waals surface area contributed by atoms with E-state index in [2.05, 4.69) is 53.8 Å². The van der Waals surface area contributed by atoms with Crippen LogP contribution in [0.1, 0.15) is 30.9 Å². The zero-order chi connectivity index (χ0) is 22.9. The third-order valence-electron chi connectivity index (χ3n) is 5.96. The van der Waals surface area contributed by atoms with E-state index in [0.717, 1.165) is 35.7 Å². The van der Waals surface area contributed by atoms with Gasteiger partial charge < -0.3 is 14.4 Å². The minimum atomic E-state index is -0.296. The van der Waals surface area contributed by atoms with E-state index in [1.54, 1.807) is 23.3 Å². The summed E-state index contributed by atoms with van der Waals surface area (Å²) >= 11 is 0. The van der Waals surface area contributed by atoms with Crippen LogP contribution in [0.25, 0.3) is 11.4 Å². The molecular weight excluding hydrogens is 418 g/mol. The van der Waals surface area contributed by atoms with Crippen molar-refractivity contribution in [2.75, 3.05) is 31.4 Å². The third-order valence-corrected chi connectivity index (χ3v) is 5.96. The topological polar surface area (TPSA) is 90.0 Å². The molecule has 4 heterocycles. The summed E-state index contributed by atoms with van der Waals surface area (Å²) in [7, 11) is 0. The van der Waals surface area contributed by atoms with Gasteiger partial charge in [-0.1, -0.05) is 0 Å². The first-order valence-electron chi connectivity index (χ1n) is 11.2. The van der Waals surface area contributed by atoms with Gasteiger partial charge in [0.15, 0.2) is 5.82 Å². The first-order valence-corrected chi connectivity index (χ1v) is 11.2. The Labute approximate surface area is 192 Å². The molecule has 1 atom stereocenters. The van der Waals surface area contributed by atoms with E-state index in [0.29, 0.717) is 29.5 Å². The van der Waals surface area contributed by atoms with E-state index in [9.17, 15) is 0 Å². The molecule has 170 valence electrons. The molecule has 1 saturated heterocycles. The number of aromatic nitrogens is 4. The Kier molecular flexibility index (Phi) is 5.74. The number of aliphatic imine (C=N–C) groups is 1. The Bertz CT molecular complexity index is 1220. The molecule has 9 heteroatoms. The molecule has 3 aromatic rings. The smallest absolute Gasteiger partial charge is 0.182 e. The van der Waals surface area contributed by atoms with Gasteiger partial charge in [-0.25, -0.2) is 14.7 Å². The highest BCUT2D eigenvalue weighted by atomic mass is 16.7. The van der Waals surface area contributed by atoms with E-state index >= 15 is 0 Å². The summed E-state index contributed by atoms with van der Waals surface area (Å²) in [5.74, 6) is 0.672. The minimum absolute atomic E-state index is 0.243. The van der Waals surface area contributed by atoms with Crippen LogP contribution < -0.4 is 4.90 Å². The number of hydrogen-bond donors (Lipinski definition) is 0. The zero-order valence-electron chi connectivity index (χ0n) is 19.3. The van der Waals surface area contributed by atoms with Gasteiger partial charge in [-0.3, -0.25) is 9.97 Å². The van der Waals surface area contributed by atoms with Gasteiger partial charge in [-0.15, -0.1) is 0 Å². The maximum atomic E-state index is 5.78. The molecule has 1 fully saturated rings. The second-order valence-corrected chi connectivity index (χ2v) is 8.00. The lowest BCUT2D eigenvalue weighted by Gasteiger charge is -2.21. The molecular formula is C24H27N7O2. The molecule has 0 amide bonds. The van der Waals surface area contributed by atoms with Gasteiger partial charge in [-0.05, 0) is 51.5 Å². The SMILES string of the molecule is CCN(CC)c1ccc(N=C2C(C3COCO3)=Nn3c2nc(C)c3-c2cnccn2)c(C)c1. The standard InChI is InChI=1S/C24H27N7O2/c1-5-30(6-2)17-7-8-18(15(3)11-17)28-22-21(20-13-32-14-33-20)29-31-23(16(4)27-24(22)31)19-12-25-9-10-26-19/h7-12,20H,5-6,13-14H2,1-4H3. The van der Waals surface area contributed by atoms with Crippen LogP contribution in [0.3, 0.4) is 0 Å². The van der Waals surface area contributed by atoms with Gasteiger partial charge in [0.05, 0.1) is 24.2 Å². The maximum Gasteiger partial charge on any atom is 0.182 e. The number of anilines is 1. The highest BCUT2D eigenvalue weighted by molar-refractivity contribution is 6.50. The number of benzene rings is 1. The number of ether oxygens (including phenoxy) is 2. The Morgan fingerprint density at radius 2 is 2.03 bits per heavy atom. The normalized spacial score (nSPS) is 18.6. The fourth-order valence-corrected chi connectivity index (χ4v) is 4.24. The monoisotopic (exact) mass is 445 g/mol. The molecule has 1 unspecified atom stereocenters. The number of fused-ring (bicyclic) bond motifs is 1. The molecule has 2 aliphatic heterocycles. The second-order valence-electron chi connectivity index (χ2n) is 8.00. The molecule has 2 aromatic heterocycles. The van der Waals surface area contributed by atoms with Crippen LogP contribution in [0.5, 0.6) is 0 Å². The fraction of sp³-hybridized carbons (Fsp3) is 0.375. The van der Waals surface area contributed by atoms with Gasteiger partial charge in [0, 0.05) is 31.2 Å². The summed E-state index contributed by atoms with van der Waals surface area (Å²) in [6.45, 7) is 10.9. The van der Waals surface area contributed by atoms with Gasteiger partial charge in [0.2, 0.25) is 0 Å². The lowest BCUT2D eigenvalue weighted by atomic mass is 10.1. The molecule has 2 aliphatic rings. The third kappa shape index (κ3) is 3.83. The lowest BCUT2D eigenvalue weighted by Crippen LogP contribution is -2.29. The number of nitrogens with zero attached hydrogens (tertiary/aromatic N) is 7. The highest BCUT2D eigenvalue weighted by Gasteiger charge is 2.36. The van der Waals surface area contributed by atoms with Gasteiger partial charge in [-0.2, -0.15) is 5.10 Å². The predicted molar refractivity (Wildman–Crippen MR) is 127 cm³/mol. The largest absolute Gasteiger partial charge is 0.372 e. The number of imidazole rings is 1. The molecule has 33 heavy (non-hydrogen) atoms. The minimum Gasteiger partial charge on any atom is -0.372 e. The van der Waals surface area contributed by atoms with Gasteiger partial charge >= 0.3 is 0 Å². The first kappa shape index (κ1) is 21.4. The van der Waals surface area contributed by atoms with Crippen molar-refractivity contribution < 1.29 is 9.47 Å². The van der Waals surface area contributed by atoms with Crippen LogP contribution in [-0.4, -0.2) is 63.6 Å². The van der Waals surface area contributed by atoms with Crippen LogP contribution in [0.15, 0.2) is 46.9 Å². The summed E-state index contributed by atoms with van der Waals surface area (Å²) in [6.07, 6.45) is 4.73.